The molecule has 2 saturated heterocycles. The number of hydrogen-bond donors (Lipinski definition) is 1. The lowest BCUT2D eigenvalue weighted by Crippen LogP contribution is -2.43. The molecule has 2 aliphatic rings. The third-order valence-corrected chi connectivity index (χ3v) is 6.08. The van der Waals surface area contributed by atoms with E-state index >= 15 is 0 Å². The maximum absolute atomic E-state index is 13.0. The summed E-state index contributed by atoms with van der Waals surface area (Å²) in [7, 11) is -3.99. The van der Waals surface area contributed by atoms with Gasteiger partial charge in [0.2, 0.25) is 0 Å². The molecular formula is C17H17N4O6P. The van der Waals surface area contributed by atoms with E-state index in [1.54, 1.807) is 37.3 Å². The van der Waals surface area contributed by atoms with Crippen LogP contribution in [0.1, 0.15) is 13.2 Å². The monoisotopic (exact) mass is 404 g/mol. The maximum Gasteiger partial charge on any atom is 0.530 e. The van der Waals surface area contributed by atoms with Crippen LogP contribution in [-0.4, -0.2) is 28.4 Å². The van der Waals surface area contributed by atoms with Gasteiger partial charge in [-0.25, -0.2) is 9.36 Å². The van der Waals surface area contributed by atoms with Crippen molar-refractivity contribution in [2.24, 2.45) is 5.41 Å². The normalized spacial score (nSPS) is 34.4. The maximum atomic E-state index is 13.0. The first-order valence-corrected chi connectivity index (χ1v) is 9.90. The lowest BCUT2D eigenvalue weighted by Gasteiger charge is -2.34. The minimum atomic E-state index is -3.99. The fourth-order valence-electron chi connectivity index (χ4n) is 3.28. The number of nitrogens with zero attached hydrogens (tertiary/aromatic N) is 3. The summed E-state index contributed by atoms with van der Waals surface area (Å²) in [5, 5.41) is 9.86. The van der Waals surface area contributed by atoms with Gasteiger partial charge in [0.1, 0.15) is 29.2 Å². The number of ether oxygens (including phenoxy) is 1. The van der Waals surface area contributed by atoms with Crippen molar-refractivity contribution in [3.05, 3.63) is 53.1 Å². The summed E-state index contributed by atoms with van der Waals surface area (Å²) in [6, 6.07) is 12.0. The van der Waals surface area contributed by atoms with Crippen molar-refractivity contribution in [1.29, 1.82) is 5.26 Å². The quantitative estimate of drug-likeness (QED) is 0.759. The summed E-state index contributed by atoms with van der Waals surface area (Å²) in [6.45, 7) is 1.43. The lowest BCUT2D eigenvalue weighted by atomic mass is 9.84. The molecule has 0 aliphatic carbocycles. The number of nitriles is 1. The summed E-state index contributed by atoms with van der Waals surface area (Å²) in [6.07, 6.45) is -1.31. The van der Waals surface area contributed by atoms with Gasteiger partial charge in [-0.2, -0.15) is 10.2 Å². The van der Waals surface area contributed by atoms with Gasteiger partial charge < -0.3 is 15.0 Å². The number of phosphoric acid groups is 1. The largest absolute Gasteiger partial charge is 0.530 e. The van der Waals surface area contributed by atoms with Gasteiger partial charge in [-0.15, -0.1) is 0 Å². The first-order valence-electron chi connectivity index (χ1n) is 8.44. The van der Waals surface area contributed by atoms with Crippen LogP contribution < -0.4 is 15.9 Å². The Balaban J connectivity index is 1.65. The molecule has 3 heterocycles. The summed E-state index contributed by atoms with van der Waals surface area (Å²) < 4.78 is 36.3. The highest BCUT2D eigenvalue weighted by atomic mass is 31.2. The minimum absolute atomic E-state index is 0.0515. The first kappa shape index (κ1) is 18.7. The van der Waals surface area contributed by atoms with Crippen molar-refractivity contribution in [2.45, 2.75) is 25.4 Å². The predicted molar refractivity (Wildman–Crippen MR) is 96.0 cm³/mol. The van der Waals surface area contributed by atoms with Gasteiger partial charge in [-0.3, -0.25) is 13.6 Å². The highest BCUT2D eigenvalue weighted by Crippen LogP contribution is 2.60. The van der Waals surface area contributed by atoms with Crippen LogP contribution in [0.15, 0.2) is 47.4 Å². The number of phosphoric ester groups is 1. The Labute approximate surface area is 160 Å². The Morgan fingerprint density at radius 2 is 2.14 bits per heavy atom. The van der Waals surface area contributed by atoms with Crippen molar-refractivity contribution in [3.63, 3.8) is 0 Å². The molecule has 2 aliphatic heterocycles. The van der Waals surface area contributed by atoms with E-state index in [9.17, 15) is 14.6 Å². The molecule has 0 saturated carbocycles. The minimum Gasteiger partial charge on any atom is -0.404 e. The number of hydrogen-bond acceptors (Lipinski definition) is 9. The van der Waals surface area contributed by atoms with Gasteiger partial charge in [-0.1, -0.05) is 18.2 Å². The lowest BCUT2D eigenvalue weighted by molar-refractivity contribution is -0.0670. The fraction of sp³-hybridized carbons (Fsp3) is 0.353. The molecule has 2 aromatic rings. The van der Waals surface area contributed by atoms with Crippen LogP contribution >= 0.6 is 7.82 Å². The van der Waals surface area contributed by atoms with Crippen molar-refractivity contribution < 1.29 is 22.9 Å². The molecule has 0 radical (unpaired) electrons. The number of rotatable bonds is 3. The van der Waals surface area contributed by atoms with Crippen LogP contribution in [-0.2, 0) is 18.3 Å². The summed E-state index contributed by atoms with van der Waals surface area (Å²) in [4.78, 5) is 15.9. The predicted octanol–water partition coefficient (Wildman–Crippen LogP) is 1.86. The van der Waals surface area contributed by atoms with Gasteiger partial charge in [0.15, 0.2) is 6.23 Å². The van der Waals surface area contributed by atoms with E-state index in [2.05, 4.69) is 11.1 Å². The number of para-hydroxylation sites is 1. The van der Waals surface area contributed by atoms with Crippen LogP contribution in [0.5, 0.6) is 5.75 Å². The number of benzene rings is 1. The zero-order chi connectivity index (χ0) is 19.9. The number of anilines is 1. The molecule has 1 aromatic heterocycles. The summed E-state index contributed by atoms with van der Waals surface area (Å²) >= 11 is 0. The van der Waals surface area contributed by atoms with Crippen molar-refractivity contribution >= 4 is 13.6 Å². The van der Waals surface area contributed by atoms with Crippen molar-refractivity contribution in [1.82, 2.24) is 9.55 Å². The Hall–Kier alpha value is -2.70. The molecule has 11 heteroatoms. The van der Waals surface area contributed by atoms with E-state index in [0.717, 1.165) is 4.57 Å². The first-order chi connectivity index (χ1) is 13.3. The van der Waals surface area contributed by atoms with E-state index < -0.39 is 37.4 Å². The van der Waals surface area contributed by atoms with Gasteiger partial charge in [0.05, 0.1) is 12.7 Å². The second kappa shape index (κ2) is 6.72. The number of nitrogens with two attached hydrogens (primary N) is 1. The molecule has 28 heavy (non-hydrogen) atoms. The Bertz CT molecular complexity index is 1040. The topological polar surface area (TPSA) is 139 Å². The Morgan fingerprint density at radius 1 is 1.39 bits per heavy atom. The third kappa shape index (κ3) is 3.08. The SMILES string of the molecule is CC1(C#N)C2OP(=O)(Oc3ccccc3)OCC2OC1n1ccc(N)nc1=O. The van der Waals surface area contributed by atoms with Crippen molar-refractivity contribution in [3.8, 4) is 11.8 Å². The Morgan fingerprint density at radius 3 is 2.82 bits per heavy atom. The van der Waals surface area contributed by atoms with Crippen LogP contribution in [0.2, 0.25) is 0 Å². The van der Waals surface area contributed by atoms with Crippen LogP contribution in [0, 0.1) is 16.7 Å². The molecule has 4 rings (SSSR count). The van der Waals surface area contributed by atoms with Crippen LogP contribution in [0.4, 0.5) is 5.82 Å². The molecular weight excluding hydrogens is 387 g/mol. The zero-order valence-electron chi connectivity index (χ0n) is 14.8. The highest BCUT2D eigenvalue weighted by molar-refractivity contribution is 7.49. The Kier molecular flexibility index (Phi) is 4.48. The van der Waals surface area contributed by atoms with E-state index in [4.69, 9.17) is 24.0 Å². The molecule has 0 bridgehead atoms. The standard InChI is InChI=1S/C17H17N4O6P/c1-17(10-18)14-12(25-15(17)21-8-7-13(19)20-16(21)22)9-24-28(23,27-14)26-11-5-3-2-4-6-11/h2-8,12,14-15H,9H2,1H3,(H2,19,20,22). The van der Waals surface area contributed by atoms with E-state index in [1.807, 2.05) is 0 Å². The molecule has 146 valence electrons. The second-order valence-corrected chi connectivity index (χ2v) is 8.18. The third-order valence-electron chi connectivity index (χ3n) is 4.69. The van der Waals surface area contributed by atoms with E-state index in [0.29, 0.717) is 5.75 Å². The van der Waals surface area contributed by atoms with Gasteiger partial charge >= 0.3 is 13.5 Å². The number of fused-ring (bicyclic) bond motifs is 1. The second-order valence-electron chi connectivity index (χ2n) is 6.64. The van der Waals surface area contributed by atoms with Crippen LogP contribution in [0.25, 0.3) is 0 Å². The fourth-order valence-corrected chi connectivity index (χ4v) is 4.78. The van der Waals surface area contributed by atoms with E-state index in [-0.39, 0.29) is 12.4 Å². The molecule has 2 fully saturated rings. The average molecular weight is 404 g/mol. The van der Waals surface area contributed by atoms with E-state index in [1.165, 1.54) is 12.3 Å². The van der Waals surface area contributed by atoms with Gasteiger partial charge in [0.25, 0.3) is 0 Å². The smallest absolute Gasteiger partial charge is 0.404 e. The molecule has 1 aromatic carbocycles. The average Bonchev–Trinajstić information content (AvgIpc) is 2.95. The van der Waals surface area contributed by atoms with Crippen LogP contribution in [0.3, 0.4) is 0 Å². The molecule has 10 nitrogen and oxygen atoms in total. The summed E-state index contributed by atoms with van der Waals surface area (Å²) in [5.41, 5.74) is 3.50. The zero-order valence-corrected chi connectivity index (χ0v) is 15.7. The summed E-state index contributed by atoms with van der Waals surface area (Å²) in [5.74, 6) is 0.355. The molecule has 2 N–H and O–H groups in total. The molecule has 0 spiro atoms. The van der Waals surface area contributed by atoms with Gasteiger partial charge in [-0.05, 0) is 25.1 Å². The van der Waals surface area contributed by atoms with Crippen molar-refractivity contribution in [2.75, 3.05) is 12.3 Å². The molecule has 5 unspecified atom stereocenters. The number of nitrogen functional groups attached to an aromatic ring is 1. The van der Waals surface area contributed by atoms with Gasteiger partial charge in [0, 0.05) is 6.20 Å². The molecule has 5 atom stereocenters. The molecule has 0 amide bonds. The number of aromatic nitrogens is 2. The highest BCUT2D eigenvalue weighted by Gasteiger charge is 2.61.